The van der Waals surface area contributed by atoms with Gasteiger partial charge in [0.05, 0.1) is 10.5 Å². The van der Waals surface area contributed by atoms with Crippen LogP contribution in [0.5, 0.6) is 0 Å². The van der Waals surface area contributed by atoms with E-state index in [4.69, 9.17) is 4.42 Å². The second kappa shape index (κ2) is 5.70. The summed E-state index contributed by atoms with van der Waals surface area (Å²) in [5, 5.41) is 0.610. The van der Waals surface area contributed by atoms with Crippen molar-refractivity contribution in [3.63, 3.8) is 0 Å². The quantitative estimate of drug-likeness (QED) is 0.770. The first-order chi connectivity index (χ1) is 11.9. The van der Waals surface area contributed by atoms with Crippen LogP contribution in [0.2, 0.25) is 0 Å². The van der Waals surface area contributed by atoms with Crippen LogP contribution in [0, 0.1) is 5.82 Å². The predicted molar refractivity (Wildman–Crippen MR) is 90.7 cm³/mol. The maximum atomic E-state index is 13.0. The van der Waals surface area contributed by atoms with Crippen LogP contribution < -0.4 is 4.72 Å². The Kier molecular flexibility index (Phi) is 3.61. The van der Waals surface area contributed by atoms with Gasteiger partial charge in [-0.05, 0) is 48.9 Å². The summed E-state index contributed by atoms with van der Waals surface area (Å²) in [5.74, 6) is 0.159. The number of Topliss-reactive ketones (excluding diaryl/α,β-unsaturated/α-hetero) is 1. The van der Waals surface area contributed by atoms with E-state index in [0.717, 1.165) is 18.6 Å². The van der Waals surface area contributed by atoms with Crippen LogP contribution in [0.3, 0.4) is 0 Å². The standard InChI is InChI=1S/C18H14FNO4S/c19-11-4-7-13(8-5-11)25(22,23)20-12-6-9-16-14(10-12)18-15(21)2-1-3-17(18)24-16/h4-10,20H,1-3H2. The third-order valence-corrected chi connectivity index (χ3v) is 5.62. The summed E-state index contributed by atoms with van der Waals surface area (Å²) < 4.78 is 46.0. The van der Waals surface area contributed by atoms with E-state index in [1.807, 2.05) is 0 Å². The molecule has 0 atom stereocenters. The van der Waals surface area contributed by atoms with Gasteiger partial charge in [0.25, 0.3) is 10.0 Å². The van der Waals surface area contributed by atoms with Gasteiger partial charge in [0.1, 0.15) is 17.2 Å². The third kappa shape index (κ3) is 2.80. The zero-order valence-electron chi connectivity index (χ0n) is 13.1. The highest BCUT2D eigenvalue weighted by molar-refractivity contribution is 7.92. The molecule has 5 nitrogen and oxygen atoms in total. The average Bonchev–Trinajstić information content (AvgIpc) is 2.94. The molecule has 0 amide bonds. The molecule has 4 rings (SSSR count). The molecule has 1 heterocycles. The number of aryl methyl sites for hydroxylation is 1. The highest BCUT2D eigenvalue weighted by Crippen LogP contribution is 2.33. The summed E-state index contributed by atoms with van der Waals surface area (Å²) in [6.07, 6.45) is 1.93. The number of anilines is 1. The first-order valence-corrected chi connectivity index (χ1v) is 9.29. The van der Waals surface area contributed by atoms with Crippen molar-refractivity contribution in [2.75, 3.05) is 4.72 Å². The molecule has 1 aliphatic carbocycles. The van der Waals surface area contributed by atoms with Gasteiger partial charge < -0.3 is 4.42 Å². The van der Waals surface area contributed by atoms with Crippen LogP contribution in [0.15, 0.2) is 51.8 Å². The van der Waals surface area contributed by atoms with Gasteiger partial charge in [0.15, 0.2) is 5.78 Å². The van der Waals surface area contributed by atoms with Gasteiger partial charge in [-0.15, -0.1) is 0 Å². The second-order valence-electron chi connectivity index (χ2n) is 5.95. The van der Waals surface area contributed by atoms with E-state index < -0.39 is 15.8 Å². The molecule has 1 aliphatic rings. The number of carbonyl (C=O) groups excluding carboxylic acids is 1. The Morgan fingerprint density at radius 2 is 1.80 bits per heavy atom. The number of hydrogen-bond acceptors (Lipinski definition) is 4. The fourth-order valence-corrected chi connectivity index (χ4v) is 4.11. The molecule has 7 heteroatoms. The number of halogens is 1. The highest BCUT2D eigenvalue weighted by Gasteiger charge is 2.25. The van der Waals surface area contributed by atoms with E-state index in [1.54, 1.807) is 18.2 Å². The number of ketones is 1. The predicted octanol–water partition coefficient (Wildman–Crippen LogP) is 3.89. The fraction of sp³-hybridized carbons (Fsp3) is 0.167. The number of rotatable bonds is 3. The zero-order valence-corrected chi connectivity index (χ0v) is 13.9. The smallest absolute Gasteiger partial charge is 0.261 e. The molecule has 25 heavy (non-hydrogen) atoms. The van der Waals surface area contributed by atoms with Gasteiger partial charge in [0.2, 0.25) is 0 Å². The van der Waals surface area contributed by atoms with Crippen molar-refractivity contribution >= 4 is 32.5 Å². The van der Waals surface area contributed by atoms with Crippen molar-refractivity contribution in [1.29, 1.82) is 0 Å². The molecule has 0 saturated carbocycles. The Hall–Kier alpha value is -2.67. The molecule has 0 bridgehead atoms. The summed E-state index contributed by atoms with van der Waals surface area (Å²) in [7, 11) is -3.85. The topological polar surface area (TPSA) is 76.4 Å². The van der Waals surface area contributed by atoms with Crippen LogP contribution in [-0.4, -0.2) is 14.2 Å². The number of sulfonamides is 1. The SMILES string of the molecule is O=C1CCCc2oc3ccc(NS(=O)(=O)c4ccc(F)cc4)cc3c21. The number of benzene rings is 2. The van der Waals surface area contributed by atoms with Crippen LogP contribution in [0.4, 0.5) is 10.1 Å². The lowest BCUT2D eigenvalue weighted by molar-refractivity contribution is 0.0971. The lowest BCUT2D eigenvalue weighted by atomic mass is 9.94. The number of furan rings is 1. The van der Waals surface area contributed by atoms with E-state index in [1.165, 1.54) is 12.1 Å². The Labute approximate surface area is 143 Å². The maximum absolute atomic E-state index is 13.0. The Bertz CT molecular complexity index is 1080. The molecule has 3 aromatic rings. The lowest BCUT2D eigenvalue weighted by Gasteiger charge is -2.09. The van der Waals surface area contributed by atoms with Gasteiger partial charge in [-0.25, -0.2) is 12.8 Å². The molecule has 0 unspecified atom stereocenters. The van der Waals surface area contributed by atoms with E-state index in [9.17, 15) is 17.6 Å². The van der Waals surface area contributed by atoms with Crippen molar-refractivity contribution in [1.82, 2.24) is 0 Å². The first-order valence-electron chi connectivity index (χ1n) is 7.81. The van der Waals surface area contributed by atoms with Crippen LogP contribution in [0.1, 0.15) is 29.0 Å². The molecule has 0 saturated heterocycles. The largest absolute Gasteiger partial charge is 0.460 e. The summed E-state index contributed by atoms with van der Waals surface area (Å²) in [6.45, 7) is 0. The summed E-state index contributed by atoms with van der Waals surface area (Å²) >= 11 is 0. The van der Waals surface area contributed by atoms with Crippen molar-refractivity contribution in [2.45, 2.75) is 24.2 Å². The molecule has 0 fully saturated rings. The average molecular weight is 359 g/mol. The number of hydrogen-bond donors (Lipinski definition) is 1. The maximum Gasteiger partial charge on any atom is 0.261 e. The Balaban J connectivity index is 1.73. The molecule has 2 aromatic carbocycles. The lowest BCUT2D eigenvalue weighted by Crippen LogP contribution is -2.13. The normalized spacial score (nSPS) is 14.5. The number of nitrogens with one attached hydrogen (secondary N) is 1. The van der Waals surface area contributed by atoms with Gasteiger partial charge in [-0.3, -0.25) is 9.52 Å². The van der Waals surface area contributed by atoms with Crippen molar-refractivity contribution in [3.8, 4) is 0 Å². The van der Waals surface area contributed by atoms with Crippen molar-refractivity contribution in [3.05, 3.63) is 59.6 Å². The summed E-state index contributed by atoms with van der Waals surface area (Å²) in [6, 6.07) is 9.37. The molecule has 0 spiro atoms. The number of carbonyl (C=O) groups is 1. The molecule has 1 N–H and O–H groups in total. The summed E-state index contributed by atoms with van der Waals surface area (Å²) in [4.78, 5) is 12.1. The molecule has 0 aliphatic heterocycles. The van der Waals surface area contributed by atoms with Crippen molar-refractivity contribution < 1.29 is 22.0 Å². The Morgan fingerprint density at radius 1 is 1.04 bits per heavy atom. The van der Waals surface area contributed by atoms with Gasteiger partial charge >= 0.3 is 0 Å². The molecular weight excluding hydrogens is 345 g/mol. The minimum absolute atomic E-state index is 0.0125. The summed E-state index contributed by atoms with van der Waals surface area (Å²) in [5.41, 5.74) is 1.42. The third-order valence-electron chi connectivity index (χ3n) is 4.22. The monoisotopic (exact) mass is 359 g/mol. The zero-order chi connectivity index (χ0) is 17.6. The highest BCUT2D eigenvalue weighted by atomic mass is 32.2. The minimum atomic E-state index is -3.85. The van der Waals surface area contributed by atoms with Gasteiger partial charge in [0, 0.05) is 23.9 Å². The van der Waals surface area contributed by atoms with E-state index in [2.05, 4.69) is 4.72 Å². The van der Waals surface area contributed by atoms with Crippen molar-refractivity contribution in [2.24, 2.45) is 0 Å². The van der Waals surface area contributed by atoms with E-state index in [0.29, 0.717) is 40.8 Å². The molecule has 128 valence electrons. The molecular formula is C18H14FNO4S. The fourth-order valence-electron chi connectivity index (χ4n) is 3.06. The van der Waals surface area contributed by atoms with Gasteiger partial charge in [-0.2, -0.15) is 0 Å². The van der Waals surface area contributed by atoms with Gasteiger partial charge in [-0.1, -0.05) is 0 Å². The number of fused-ring (bicyclic) bond motifs is 3. The van der Waals surface area contributed by atoms with E-state index in [-0.39, 0.29) is 10.7 Å². The first kappa shape index (κ1) is 15.8. The minimum Gasteiger partial charge on any atom is -0.460 e. The van der Waals surface area contributed by atoms with Crippen LogP contribution in [-0.2, 0) is 16.4 Å². The molecule has 0 radical (unpaired) electrons. The molecule has 1 aromatic heterocycles. The Morgan fingerprint density at radius 3 is 2.56 bits per heavy atom. The van der Waals surface area contributed by atoms with Crippen LogP contribution >= 0.6 is 0 Å². The van der Waals surface area contributed by atoms with E-state index >= 15 is 0 Å². The second-order valence-corrected chi connectivity index (χ2v) is 7.63. The van der Waals surface area contributed by atoms with Crippen LogP contribution in [0.25, 0.3) is 11.0 Å².